The van der Waals surface area contributed by atoms with Gasteiger partial charge in [0.05, 0.1) is 19.1 Å². The Hall–Kier alpha value is -2.91. The van der Waals surface area contributed by atoms with Gasteiger partial charge in [0.15, 0.2) is 0 Å². The molecule has 0 aromatic heterocycles. The number of hydrogen-bond acceptors (Lipinski definition) is 10. The molecule has 0 spiro atoms. The van der Waals surface area contributed by atoms with Crippen molar-refractivity contribution in [3.63, 3.8) is 0 Å². The van der Waals surface area contributed by atoms with E-state index in [-0.39, 0.29) is 43.8 Å². The van der Waals surface area contributed by atoms with Gasteiger partial charge >= 0.3 is 12.2 Å². The van der Waals surface area contributed by atoms with Crippen molar-refractivity contribution < 1.29 is 45.2 Å². The fourth-order valence-electron chi connectivity index (χ4n) is 4.12. The van der Waals surface area contributed by atoms with E-state index in [0.29, 0.717) is 32.8 Å². The number of ether oxygens (including phenoxy) is 2. The number of hydrogen-bond donors (Lipinski definition) is 1. The molecule has 2 aliphatic heterocycles. The first-order valence-corrected chi connectivity index (χ1v) is 18.0. The maximum Gasteiger partial charge on any atom is 0.410 e. The Bertz CT molecular complexity index is 1340. The minimum atomic E-state index is -3.43. The third-order valence-corrected chi connectivity index (χ3v) is 6.84. The largest absolute Gasteiger partial charge is 0.445 e. The molecule has 2 amide bonds. The molecule has 15 heteroatoms. The van der Waals surface area contributed by atoms with Crippen LogP contribution in [0.15, 0.2) is 60.7 Å². The normalized spacial score (nSPS) is 18.1. The van der Waals surface area contributed by atoms with Crippen LogP contribution in [0.1, 0.15) is 24.0 Å². The van der Waals surface area contributed by atoms with Gasteiger partial charge in [-0.25, -0.2) is 18.0 Å². The molecule has 0 saturated carbocycles. The summed E-state index contributed by atoms with van der Waals surface area (Å²) in [5.74, 6) is 0.239. The van der Waals surface area contributed by atoms with E-state index in [1.807, 2.05) is 60.7 Å². The van der Waals surface area contributed by atoms with Gasteiger partial charge in [-0.2, -0.15) is 8.42 Å². The smallest absolute Gasteiger partial charge is 0.410 e. The monoisotopic (exact) mass is 662 g/mol. The predicted octanol–water partition coefficient (Wildman–Crippen LogP) is 3.44. The zero-order valence-corrected chi connectivity index (χ0v) is 26.6. The molecular formula is C28H39ClN2O10S2. The summed E-state index contributed by atoms with van der Waals surface area (Å²) in [5, 5.41) is 8.99. The third kappa shape index (κ3) is 16.5. The summed E-state index contributed by atoms with van der Waals surface area (Å²) >= 11 is 0. The Balaban J connectivity index is 0.000000264. The van der Waals surface area contributed by atoms with E-state index >= 15 is 0 Å². The van der Waals surface area contributed by atoms with Crippen LogP contribution in [0.2, 0.25) is 0 Å². The van der Waals surface area contributed by atoms with Gasteiger partial charge in [-0.15, -0.1) is 0 Å². The van der Waals surface area contributed by atoms with Gasteiger partial charge < -0.3 is 24.4 Å². The molecule has 4 rings (SSSR count). The van der Waals surface area contributed by atoms with E-state index in [9.17, 15) is 26.4 Å². The molecule has 1 N–H and O–H groups in total. The average molecular weight is 663 g/mol. The van der Waals surface area contributed by atoms with Crippen molar-refractivity contribution in [2.24, 2.45) is 11.8 Å². The van der Waals surface area contributed by atoms with Crippen molar-refractivity contribution in [1.29, 1.82) is 0 Å². The van der Waals surface area contributed by atoms with Crippen molar-refractivity contribution in [3.05, 3.63) is 71.8 Å². The van der Waals surface area contributed by atoms with Gasteiger partial charge in [-0.3, -0.25) is 4.18 Å². The number of aliphatic hydroxyl groups is 1. The molecule has 2 aromatic rings. The highest BCUT2D eigenvalue weighted by Gasteiger charge is 2.28. The summed E-state index contributed by atoms with van der Waals surface area (Å²) in [4.78, 5) is 26.9. The minimum absolute atomic E-state index is 0.0315. The number of carbonyl (C=O) groups is 2. The average Bonchev–Trinajstić information content (AvgIpc) is 3.64. The number of aliphatic hydroxyl groups excluding tert-OH is 1. The lowest BCUT2D eigenvalue weighted by molar-refractivity contribution is 0.101. The summed E-state index contributed by atoms with van der Waals surface area (Å²) in [6, 6.07) is 19.1. The van der Waals surface area contributed by atoms with Crippen LogP contribution in [-0.2, 0) is 46.0 Å². The number of amides is 2. The molecule has 2 atom stereocenters. The maximum atomic E-state index is 11.9. The number of halogens is 1. The lowest BCUT2D eigenvalue weighted by Gasteiger charge is -2.16. The SMILES string of the molecule is CS(=O)(=O)Cl.CS(=O)(=O)OC[C@H]1CCN(C(=O)OCc2ccccc2)C1.O=C(OCc1ccccc1)N1CC[C@H](CO)C1. The van der Waals surface area contributed by atoms with E-state index in [0.717, 1.165) is 36.5 Å². The van der Waals surface area contributed by atoms with Gasteiger partial charge in [0.1, 0.15) is 13.2 Å². The van der Waals surface area contributed by atoms with Crippen LogP contribution >= 0.6 is 10.7 Å². The molecule has 0 radical (unpaired) electrons. The van der Waals surface area contributed by atoms with Gasteiger partial charge in [-0.1, -0.05) is 60.7 Å². The lowest BCUT2D eigenvalue weighted by atomic mass is 10.1. The first-order valence-electron chi connectivity index (χ1n) is 13.5. The summed E-state index contributed by atoms with van der Waals surface area (Å²) in [7, 11) is -2.12. The minimum Gasteiger partial charge on any atom is -0.445 e. The number of rotatable bonds is 8. The molecule has 43 heavy (non-hydrogen) atoms. The van der Waals surface area contributed by atoms with Crippen LogP contribution in [0, 0.1) is 11.8 Å². The highest BCUT2D eigenvalue weighted by atomic mass is 35.7. The third-order valence-electron chi connectivity index (χ3n) is 6.27. The zero-order chi connectivity index (χ0) is 31.9. The van der Waals surface area contributed by atoms with Crippen LogP contribution in [0.4, 0.5) is 9.59 Å². The van der Waals surface area contributed by atoms with E-state index in [1.165, 1.54) is 0 Å². The maximum absolute atomic E-state index is 11.9. The predicted molar refractivity (Wildman–Crippen MR) is 161 cm³/mol. The zero-order valence-electron chi connectivity index (χ0n) is 24.2. The van der Waals surface area contributed by atoms with Crippen molar-refractivity contribution in [2.75, 3.05) is 51.9 Å². The fourth-order valence-corrected chi connectivity index (χ4v) is 4.56. The summed E-state index contributed by atoms with van der Waals surface area (Å²) in [6.07, 6.45) is 2.86. The number of nitrogens with zero attached hydrogens (tertiary/aromatic N) is 2. The Kier molecular flexibility index (Phi) is 15.2. The number of likely N-dealkylation sites (tertiary alicyclic amines) is 2. The Morgan fingerprint density at radius 1 is 0.791 bits per heavy atom. The molecule has 2 heterocycles. The molecule has 240 valence electrons. The summed E-state index contributed by atoms with van der Waals surface area (Å²) in [6.45, 7) is 3.10. The molecule has 2 saturated heterocycles. The molecular weight excluding hydrogens is 624 g/mol. The standard InChI is InChI=1S/C14H19NO5S.C13H17NO3.CH3ClO2S/c1-21(17,18)20-11-13-7-8-15(9-13)14(16)19-10-12-5-3-2-4-6-12;15-9-12-6-7-14(8-12)13(16)17-10-11-4-2-1-3-5-11;1-5(2,3)4/h2-6,13H,7-11H2,1H3;1-5,12,15H,6-10H2;1H3/t13-;12-;/m00./s1. The van der Waals surface area contributed by atoms with Crippen LogP contribution in [0.5, 0.6) is 0 Å². The Morgan fingerprint density at radius 3 is 1.56 bits per heavy atom. The highest BCUT2D eigenvalue weighted by molar-refractivity contribution is 8.13. The van der Waals surface area contributed by atoms with E-state index in [1.54, 1.807) is 9.80 Å². The second-order valence-corrected chi connectivity index (χ2v) is 14.8. The Labute approximate surface area is 258 Å². The van der Waals surface area contributed by atoms with Gasteiger partial charge in [0, 0.05) is 55.3 Å². The summed E-state index contributed by atoms with van der Waals surface area (Å²) in [5.41, 5.74) is 1.92. The number of carbonyl (C=O) groups excluding carboxylic acids is 2. The van der Waals surface area contributed by atoms with Gasteiger partial charge in [-0.05, 0) is 24.0 Å². The summed E-state index contributed by atoms with van der Waals surface area (Å²) < 4.78 is 55.9. The topological polar surface area (TPSA) is 157 Å². The first-order chi connectivity index (χ1) is 20.2. The quantitative estimate of drug-likeness (QED) is 0.328. The molecule has 12 nitrogen and oxygen atoms in total. The van der Waals surface area contributed by atoms with E-state index < -0.39 is 19.2 Å². The molecule has 2 aromatic carbocycles. The van der Waals surface area contributed by atoms with Crippen LogP contribution in [0.3, 0.4) is 0 Å². The molecule has 0 aliphatic carbocycles. The van der Waals surface area contributed by atoms with Crippen LogP contribution < -0.4 is 0 Å². The molecule has 0 bridgehead atoms. The highest BCUT2D eigenvalue weighted by Crippen LogP contribution is 2.19. The molecule has 2 aliphatic rings. The van der Waals surface area contributed by atoms with Crippen molar-refractivity contribution in [2.45, 2.75) is 26.1 Å². The van der Waals surface area contributed by atoms with Crippen molar-refractivity contribution in [3.8, 4) is 0 Å². The van der Waals surface area contributed by atoms with E-state index in [4.69, 9.17) is 18.8 Å². The van der Waals surface area contributed by atoms with Crippen LogP contribution in [0.25, 0.3) is 0 Å². The first kappa shape index (κ1) is 36.3. The molecule has 2 fully saturated rings. The fraction of sp³-hybridized carbons (Fsp3) is 0.500. The lowest BCUT2D eigenvalue weighted by Crippen LogP contribution is -2.30. The number of benzene rings is 2. The van der Waals surface area contributed by atoms with Gasteiger partial charge in [0.25, 0.3) is 10.1 Å². The van der Waals surface area contributed by atoms with Crippen molar-refractivity contribution in [1.82, 2.24) is 9.80 Å². The Morgan fingerprint density at radius 2 is 1.19 bits per heavy atom. The van der Waals surface area contributed by atoms with E-state index in [2.05, 4.69) is 10.7 Å². The second kappa shape index (κ2) is 18.0. The van der Waals surface area contributed by atoms with Gasteiger partial charge in [0.2, 0.25) is 9.05 Å². The second-order valence-electron chi connectivity index (χ2n) is 10.1. The van der Waals surface area contributed by atoms with Crippen LogP contribution in [-0.4, -0.2) is 95.8 Å². The van der Waals surface area contributed by atoms with Crippen molar-refractivity contribution >= 4 is 42.0 Å². The molecule has 0 unspecified atom stereocenters.